The van der Waals surface area contributed by atoms with E-state index >= 15 is 0 Å². The van der Waals surface area contributed by atoms with E-state index in [1.165, 1.54) is 0 Å². The fraction of sp³-hybridized carbons (Fsp3) is 0.125. The Kier molecular flexibility index (Phi) is 3.10. The van der Waals surface area contributed by atoms with Gasteiger partial charge < -0.3 is 10.1 Å². The molecule has 0 radical (unpaired) electrons. The average Bonchev–Trinajstić information content (AvgIpc) is 2.47. The summed E-state index contributed by atoms with van der Waals surface area (Å²) in [7, 11) is 0. The van der Waals surface area contributed by atoms with Gasteiger partial charge in [-0.15, -0.1) is 0 Å². The molecule has 1 aliphatic rings. The number of nitrogens with zero attached hydrogens (tertiary/aromatic N) is 1. The van der Waals surface area contributed by atoms with E-state index in [2.05, 4.69) is 11.4 Å². The fourth-order valence-corrected chi connectivity index (χ4v) is 2.19. The molecule has 1 aliphatic heterocycles. The first-order valence-electron chi connectivity index (χ1n) is 6.35. The molecule has 0 unspecified atom stereocenters. The number of amides is 1. The third kappa shape index (κ3) is 2.47. The van der Waals surface area contributed by atoms with Crippen molar-refractivity contribution in [2.24, 2.45) is 0 Å². The van der Waals surface area contributed by atoms with E-state index in [-0.39, 0.29) is 5.91 Å². The molecule has 4 nitrogen and oxygen atoms in total. The van der Waals surface area contributed by atoms with Gasteiger partial charge in [-0.05, 0) is 48.4 Å². The molecule has 0 saturated carbocycles. The van der Waals surface area contributed by atoms with Crippen molar-refractivity contribution >= 4 is 11.6 Å². The molecular formula is C16H12N2O2. The summed E-state index contributed by atoms with van der Waals surface area (Å²) in [5, 5.41) is 11.7. The van der Waals surface area contributed by atoms with Crippen molar-refractivity contribution in [3.8, 4) is 17.6 Å². The van der Waals surface area contributed by atoms with E-state index < -0.39 is 0 Å². The van der Waals surface area contributed by atoms with Crippen molar-refractivity contribution in [3.05, 3.63) is 53.6 Å². The summed E-state index contributed by atoms with van der Waals surface area (Å²) in [5.74, 6) is 1.38. The number of anilines is 1. The molecule has 98 valence electrons. The summed E-state index contributed by atoms with van der Waals surface area (Å²) >= 11 is 0. The molecule has 0 spiro atoms. The van der Waals surface area contributed by atoms with Gasteiger partial charge in [-0.3, -0.25) is 4.79 Å². The Hall–Kier alpha value is -2.80. The highest BCUT2D eigenvalue weighted by molar-refractivity contribution is 5.94. The second-order valence-corrected chi connectivity index (χ2v) is 4.61. The van der Waals surface area contributed by atoms with Gasteiger partial charge in [0.25, 0.3) is 0 Å². The van der Waals surface area contributed by atoms with Crippen LogP contribution < -0.4 is 10.1 Å². The lowest BCUT2D eigenvalue weighted by molar-refractivity contribution is -0.116. The van der Waals surface area contributed by atoms with Crippen LogP contribution in [0, 0.1) is 11.3 Å². The standard InChI is InChI=1S/C16H12N2O2/c17-10-11-2-1-3-13(8-11)20-14-5-6-15-12(9-14)4-7-16(19)18-15/h1-3,5-6,8-9H,4,7H2,(H,18,19). The molecule has 1 amide bonds. The monoisotopic (exact) mass is 264 g/mol. The number of nitriles is 1. The van der Waals surface area contributed by atoms with Crippen LogP contribution in [0.4, 0.5) is 5.69 Å². The van der Waals surface area contributed by atoms with Crippen LogP contribution in [0.25, 0.3) is 0 Å². The van der Waals surface area contributed by atoms with Crippen LogP contribution >= 0.6 is 0 Å². The van der Waals surface area contributed by atoms with Gasteiger partial charge in [-0.25, -0.2) is 0 Å². The van der Waals surface area contributed by atoms with E-state index in [4.69, 9.17) is 10.00 Å². The summed E-state index contributed by atoms with van der Waals surface area (Å²) in [6.07, 6.45) is 1.22. The first-order chi connectivity index (χ1) is 9.74. The molecule has 0 aliphatic carbocycles. The fourth-order valence-electron chi connectivity index (χ4n) is 2.19. The van der Waals surface area contributed by atoms with E-state index in [1.807, 2.05) is 24.3 Å². The SMILES string of the molecule is N#Cc1cccc(Oc2ccc3c(c2)CCC(=O)N3)c1. The number of nitrogens with one attached hydrogen (secondary N) is 1. The summed E-state index contributed by atoms with van der Waals surface area (Å²) in [6.45, 7) is 0. The van der Waals surface area contributed by atoms with Gasteiger partial charge in [0, 0.05) is 12.1 Å². The number of fused-ring (bicyclic) bond motifs is 1. The molecule has 3 rings (SSSR count). The number of rotatable bonds is 2. The minimum absolute atomic E-state index is 0.0490. The molecule has 1 N–H and O–H groups in total. The molecule has 0 aromatic heterocycles. The van der Waals surface area contributed by atoms with E-state index in [1.54, 1.807) is 18.2 Å². The van der Waals surface area contributed by atoms with E-state index in [0.29, 0.717) is 23.5 Å². The summed E-state index contributed by atoms with van der Waals surface area (Å²) in [5.41, 5.74) is 2.48. The normalized spacial score (nSPS) is 13.1. The molecule has 20 heavy (non-hydrogen) atoms. The Bertz CT molecular complexity index is 717. The van der Waals surface area contributed by atoms with Crippen LogP contribution in [0.3, 0.4) is 0 Å². The van der Waals surface area contributed by atoms with E-state index in [9.17, 15) is 4.79 Å². The van der Waals surface area contributed by atoms with Crippen molar-refractivity contribution in [2.75, 3.05) is 5.32 Å². The summed E-state index contributed by atoms with van der Waals surface area (Å²) in [4.78, 5) is 11.3. The first-order valence-corrected chi connectivity index (χ1v) is 6.35. The Balaban J connectivity index is 1.85. The second-order valence-electron chi connectivity index (χ2n) is 4.61. The maximum atomic E-state index is 11.3. The number of carbonyl (C=O) groups excluding carboxylic acids is 1. The minimum Gasteiger partial charge on any atom is -0.457 e. The average molecular weight is 264 g/mol. The maximum Gasteiger partial charge on any atom is 0.224 e. The molecule has 0 bridgehead atoms. The van der Waals surface area contributed by atoms with Gasteiger partial charge in [0.05, 0.1) is 11.6 Å². The molecular weight excluding hydrogens is 252 g/mol. The molecule has 4 heteroatoms. The van der Waals surface area contributed by atoms with Gasteiger partial charge in [0.1, 0.15) is 11.5 Å². The third-order valence-electron chi connectivity index (χ3n) is 3.17. The van der Waals surface area contributed by atoms with Crippen LogP contribution in [0.1, 0.15) is 17.5 Å². The Labute approximate surface area is 116 Å². The van der Waals surface area contributed by atoms with Crippen LogP contribution in [0.5, 0.6) is 11.5 Å². The summed E-state index contributed by atoms with van der Waals surface area (Å²) in [6, 6.07) is 14.7. The topological polar surface area (TPSA) is 62.1 Å². The molecule has 0 saturated heterocycles. The number of aryl methyl sites for hydroxylation is 1. The highest BCUT2D eigenvalue weighted by atomic mass is 16.5. The van der Waals surface area contributed by atoms with Crippen LogP contribution in [-0.4, -0.2) is 5.91 Å². The lowest BCUT2D eigenvalue weighted by Gasteiger charge is -2.17. The maximum absolute atomic E-state index is 11.3. The number of carbonyl (C=O) groups is 1. The zero-order chi connectivity index (χ0) is 13.9. The van der Waals surface area contributed by atoms with Gasteiger partial charge in [-0.2, -0.15) is 5.26 Å². The lowest BCUT2D eigenvalue weighted by Crippen LogP contribution is -2.18. The van der Waals surface area contributed by atoms with Crippen LogP contribution in [-0.2, 0) is 11.2 Å². The molecule has 2 aromatic rings. The number of hydrogen-bond donors (Lipinski definition) is 1. The van der Waals surface area contributed by atoms with Crippen molar-refractivity contribution in [2.45, 2.75) is 12.8 Å². The predicted molar refractivity (Wildman–Crippen MR) is 74.6 cm³/mol. The first kappa shape index (κ1) is 12.2. The van der Waals surface area contributed by atoms with E-state index in [0.717, 1.165) is 17.7 Å². The smallest absolute Gasteiger partial charge is 0.224 e. The zero-order valence-electron chi connectivity index (χ0n) is 10.7. The largest absolute Gasteiger partial charge is 0.457 e. The Morgan fingerprint density at radius 2 is 1.95 bits per heavy atom. The predicted octanol–water partition coefficient (Wildman–Crippen LogP) is 3.24. The van der Waals surface area contributed by atoms with Gasteiger partial charge in [-0.1, -0.05) is 6.07 Å². The number of hydrogen-bond acceptors (Lipinski definition) is 3. The zero-order valence-corrected chi connectivity index (χ0v) is 10.7. The highest BCUT2D eigenvalue weighted by Gasteiger charge is 2.15. The molecule has 0 fully saturated rings. The quantitative estimate of drug-likeness (QED) is 0.905. The van der Waals surface area contributed by atoms with Crippen molar-refractivity contribution < 1.29 is 9.53 Å². The van der Waals surface area contributed by atoms with Crippen molar-refractivity contribution in [3.63, 3.8) is 0 Å². The molecule has 1 heterocycles. The van der Waals surface area contributed by atoms with Crippen LogP contribution in [0.2, 0.25) is 0 Å². The van der Waals surface area contributed by atoms with Gasteiger partial charge in [0.2, 0.25) is 5.91 Å². The molecule has 2 aromatic carbocycles. The van der Waals surface area contributed by atoms with Crippen LogP contribution in [0.15, 0.2) is 42.5 Å². The molecule has 0 atom stereocenters. The van der Waals surface area contributed by atoms with Gasteiger partial charge in [0.15, 0.2) is 0 Å². The van der Waals surface area contributed by atoms with Crippen molar-refractivity contribution in [1.29, 1.82) is 5.26 Å². The van der Waals surface area contributed by atoms with Crippen molar-refractivity contribution in [1.82, 2.24) is 0 Å². The lowest BCUT2D eigenvalue weighted by atomic mass is 10.0. The Morgan fingerprint density at radius 1 is 1.10 bits per heavy atom. The van der Waals surface area contributed by atoms with Gasteiger partial charge >= 0.3 is 0 Å². The minimum atomic E-state index is 0.0490. The third-order valence-corrected chi connectivity index (χ3v) is 3.17. The number of ether oxygens (including phenoxy) is 1. The number of benzene rings is 2. The highest BCUT2D eigenvalue weighted by Crippen LogP contribution is 2.29. The second kappa shape index (κ2) is 5.06. The summed E-state index contributed by atoms with van der Waals surface area (Å²) < 4.78 is 5.75. The Morgan fingerprint density at radius 3 is 2.80 bits per heavy atom.